The molecular weight excluding hydrogens is 1410 g/mol. The van der Waals surface area contributed by atoms with Crippen molar-refractivity contribution in [3.05, 3.63) is 0 Å². The minimum atomic E-state index is -4.81. The van der Waals surface area contributed by atoms with Crippen LogP contribution in [0.5, 0.6) is 0 Å². The van der Waals surface area contributed by atoms with Crippen LogP contribution < -0.4 is 31.9 Å². The van der Waals surface area contributed by atoms with Crippen LogP contribution in [0.4, 0.5) is 0 Å². The fraction of sp³-hybridized carbons (Fsp3) is 0.911. The van der Waals surface area contributed by atoms with Crippen LogP contribution in [0.25, 0.3) is 0 Å². The highest BCUT2D eigenvalue weighted by Crippen LogP contribution is 2.37. The van der Waals surface area contributed by atoms with E-state index in [9.17, 15) is 98.9 Å². The van der Waals surface area contributed by atoms with E-state index in [-0.39, 0.29) is 154 Å². The van der Waals surface area contributed by atoms with Crippen molar-refractivity contribution in [2.24, 2.45) is 5.41 Å². The number of amides is 5. The molecule has 0 spiro atoms. The molecule has 0 aromatic carbocycles. The molecule has 24 N–H and O–H groups in total. The van der Waals surface area contributed by atoms with E-state index in [1.54, 1.807) is 0 Å². The van der Waals surface area contributed by atoms with Crippen LogP contribution >= 0.6 is 23.5 Å². The number of carbonyl (C=O) groups excluding carboxylic acids is 5. The Balaban J connectivity index is 4.82. The van der Waals surface area contributed by atoms with Crippen LogP contribution in [0.15, 0.2) is 0 Å². The second kappa shape index (κ2) is 56.3. The minimum Gasteiger partial charge on any atom is -0.390 e. The second-order valence-electron chi connectivity index (χ2n) is 23.5. The van der Waals surface area contributed by atoms with Crippen molar-refractivity contribution in [3.63, 3.8) is 0 Å². The lowest BCUT2D eigenvalue weighted by molar-refractivity contribution is -0.203. The summed E-state index contributed by atoms with van der Waals surface area (Å²) in [6.07, 6.45) is -19.5. The van der Waals surface area contributed by atoms with Gasteiger partial charge in [0.1, 0.15) is 36.6 Å². The molecule has 592 valence electrons. The number of rotatable bonds is 67. The molecule has 0 radical (unpaired) electrons. The van der Waals surface area contributed by atoms with Crippen molar-refractivity contribution in [2.75, 3.05) is 125 Å². The number of hydrogen-bond acceptors (Lipinski definition) is 30. The molecule has 0 aliphatic rings. The summed E-state index contributed by atoms with van der Waals surface area (Å²) < 4.78 is 77.8. The highest BCUT2D eigenvalue weighted by atomic mass is 31.2. The molecule has 0 rings (SSSR count). The van der Waals surface area contributed by atoms with E-state index in [1.807, 2.05) is 6.92 Å². The largest absolute Gasteiger partial charge is 0.469 e. The fourth-order valence-corrected chi connectivity index (χ4v) is 9.48. The van der Waals surface area contributed by atoms with Crippen molar-refractivity contribution >= 4 is 53.0 Å². The highest BCUT2D eigenvalue weighted by molar-refractivity contribution is 7.46. The van der Waals surface area contributed by atoms with Crippen LogP contribution in [-0.2, 0) is 79.7 Å². The average molecular weight is 1520 g/mol. The van der Waals surface area contributed by atoms with E-state index < -0.39 is 142 Å². The molecule has 0 aromatic rings. The molecule has 5 amide bonds. The Kier molecular flexibility index (Phi) is 54.5. The first-order valence-electron chi connectivity index (χ1n) is 32.9. The molecule has 12 unspecified atom stereocenters. The number of phosphoric ester groups is 3. The second-order valence-corrected chi connectivity index (χ2v) is 27.2. The third-order valence-corrected chi connectivity index (χ3v) is 15.7. The van der Waals surface area contributed by atoms with Gasteiger partial charge >= 0.3 is 23.5 Å². The standard InChI is InChI=1S/C56H113N6O35P3/c1-56(36-89-27-11-21-57-20-8-22-58-42(66)12-2-5-28-92-53(77)50(74)47(71)39(63)15-33-95-98(80,81)82,37-90-31-18-45(69)61-25-9-23-59-43(67)13-3-6-29-93-54(78)51(75)48(72)40(64)16-34-96-99(83,84)85)38-91-32-19-46(70)62-26-10-24-60-44(68)14-4-7-30-94-55(79)52(76)49(73)41(65)17-35-97-100(86,87)88/h39-41,47-55,57,63-65,71-79H,2-38H2,1H3,(H,58,66)(H,59,67)(H,60,68)(H,61,69)(H,62,70)(H2,80,81,82)(H2,83,84,85)(H2,86,87,88). The van der Waals surface area contributed by atoms with Crippen LogP contribution in [0.3, 0.4) is 0 Å². The molecule has 41 nitrogen and oxygen atoms in total. The first kappa shape index (κ1) is 96.9. The zero-order chi connectivity index (χ0) is 75.6. The molecule has 0 saturated carbocycles. The van der Waals surface area contributed by atoms with E-state index in [0.717, 1.165) is 0 Å². The van der Waals surface area contributed by atoms with Gasteiger partial charge in [-0.25, -0.2) is 13.7 Å². The van der Waals surface area contributed by atoms with Gasteiger partial charge in [-0.2, -0.15) is 0 Å². The van der Waals surface area contributed by atoms with Gasteiger partial charge in [0.2, 0.25) is 29.5 Å². The van der Waals surface area contributed by atoms with Crippen molar-refractivity contribution in [1.82, 2.24) is 31.9 Å². The Morgan fingerprint density at radius 3 is 0.870 bits per heavy atom. The highest BCUT2D eigenvalue weighted by Gasteiger charge is 2.34. The normalized spacial score (nSPS) is 16.6. The summed E-state index contributed by atoms with van der Waals surface area (Å²) in [4.78, 5) is 114. The molecule has 12 atom stereocenters. The van der Waals surface area contributed by atoms with Gasteiger partial charge in [-0.05, 0) is 96.6 Å². The topological polar surface area (TPSA) is 656 Å². The summed E-state index contributed by atoms with van der Waals surface area (Å²) in [5.41, 5.74) is -0.721. The van der Waals surface area contributed by atoms with E-state index in [1.165, 1.54) is 0 Å². The van der Waals surface area contributed by atoms with Crippen LogP contribution in [0.2, 0.25) is 0 Å². The number of aliphatic hydroxyl groups is 12. The van der Waals surface area contributed by atoms with Gasteiger partial charge in [0, 0.05) is 96.7 Å². The Morgan fingerprint density at radius 1 is 0.320 bits per heavy atom. The number of unbranched alkanes of at least 4 members (excludes halogenated alkanes) is 3. The first-order valence-corrected chi connectivity index (χ1v) is 37.5. The third-order valence-electron chi connectivity index (χ3n) is 14.2. The lowest BCUT2D eigenvalue weighted by Gasteiger charge is -2.29. The summed E-state index contributed by atoms with van der Waals surface area (Å²) in [7, 11) is -14.4. The molecule has 44 heteroatoms. The zero-order valence-electron chi connectivity index (χ0n) is 56.4. The molecule has 0 heterocycles. The third kappa shape index (κ3) is 54.5. The van der Waals surface area contributed by atoms with Crippen molar-refractivity contribution < 1.29 is 170 Å². The number of nitrogens with one attached hydrogen (secondary N) is 6. The summed E-state index contributed by atoms with van der Waals surface area (Å²) in [6.45, 7) is 3.07. The Bertz CT molecular complexity index is 2220. The van der Waals surface area contributed by atoms with Crippen LogP contribution in [0, 0.1) is 5.41 Å². The maximum Gasteiger partial charge on any atom is 0.469 e. The Labute approximate surface area is 580 Å². The number of hydrogen-bond donors (Lipinski definition) is 24. The number of ether oxygens (including phenoxy) is 6. The van der Waals surface area contributed by atoms with Crippen molar-refractivity contribution in [3.8, 4) is 0 Å². The predicted molar refractivity (Wildman–Crippen MR) is 346 cm³/mol. The summed E-state index contributed by atoms with van der Waals surface area (Å²) in [5, 5.41) is 137. The molecule has 0 fully saturated rings. The van der Waals surface area contributed by atoms with Crippen LogP contribution in [-0.4, -0.2) is 319 Å². The van der Waals surface area contributed by atoms with Gasteiger partial charge in [-0.1, -0.05) is 6.92 Å². The maximum absolute atomic E-state index is 12.6. The minimum absolute atomic E-state index is 0.0134. The monoisotopic (exact) mass is 1520 g/mol. The molecular formula is C56H113N6O35P3. The first-order chi connectivity index (χ1) is 47.0. The van der Waals surface area contributed by atoms with Gasteiger partial charge < -0.3 is 151 Å². The Hall–Kier alpha value is -3.08. The molecule has 0 aromatic heterocycles. The van der Waals surface area contributed by atoms with Gasteiger partial charge in [-0.3, -0.25) is 37.5 Å². The smallest absolute Gasteiger partial charge is 0.390 e. The summed E-state index contributed by atoms with van der Waals surface area (Å²) >= 11 is 0. The lowest BCUT2D eigenvalue weighted by Crippen LogP contribution is -2.45. The molecule has 0 aliphatic heterocycles. The molecule has 0 bridgehead atoms. The predicted octanol–water partition coefficient (Wildman–Crippen LogP) is -6.18. The zero-order valence-corrected chi connectivity index (χ0v) is 59.1. The van der Waals surface area contributed by atoms with Gasteiger partial charge in [-0.15, -0.1) is 0 Å². The fourth-order valence-electron chi connectivity index (χ4n) is 8.45. The van der Waals surface area contributed by atoms with Crippen molar-refractivity contribution in [1.29, 1.82) is 0 Å². The average Bonchev–Trinajstić information content (AvgIpc) is 0.928. The van der Waals surface area contributed by atoms with Gasteiger partial charge in [0.15, 0.2) is 18.9 Å². The van der Waals surface area contributed by atoms with E-state index >= 15 is 0 Å². The number of carbonyl (C=O) groups is 5. The number of phosphoric acid groups is 3. The molecule has 100 heavy (non-hydrogen) atoms. The van der Waals surface area contributed by atoms with Crippen molar-refractivity contribution in [2.45, 2.75) is 196 Å². The van der Waals surface area contributed by atoms with E-state index in [0.29, 0.717) is 77.6 Å². The summed E-state index contributed by atoms with van der Waals surface area (Å²) in [6, 6.07) is 0. The van der Waals surface area contributed by atoms with E-state index in [4.69, 9.17) is 57.8 Å². The van der Waals surface area contributed by atoms with Gasteiger partial charge in [0.25, 0.3) is 0 Å². The SMILES string of the molecule is CC(COCCCNCCCNC(=O)CCCCOC(O)C(O)C(O)C(O)CCOP(=O)(O)O)(COCCC(=O)NCCCNC(=O)CCCCOC(O)C(O)C(O)C(O)CCOP(=O)(O)O)COCCC(=O)NCCCNC(=O)CCCCOC(O)C(O)C(O)C(O)CCOP(=O)(O)O. The number of aliphatic hydroxyl groups excluding tert-OH is 12. The van der Waals surface area contributed by atoms with E-state index in [2.05, 4.69) is 45.5 Å². The van der Waals surface area contributed by atoms with Crippen LogP contribution in [0.1, 0.15) is 122 Å². The Morgan fingerprint density at radius 2 is 0.580 bits per heavy atom. The lowest BCUT2D eigenvalue weighted by atomic mass is 9.94. The van der Waals surface area contributed by atoms with Gasteiger partial charge in [0.05, 0.1) is 71.2 Å². The maximum atomic E-state index is 12.6. The quantitative estimate of drug-likeness (QED) is 0.0153. The summed E-state index contributed by atoms with van der Waals surface area (Å²) in [5.74, 6) is -1.40. The molecule has 0 aliphatic carbocycles. The molecule has 0 saturated heterocycles.